The van der Waals surface area contributed by atoms with Crippen molar-refractivity contribution in [1.82, 2.24) is 9.55 Å². The number of hydrogen-bond acceptors (Lipinski definition) is 1. The van der Waals surface area contributed by atoms with E-state index in [-0.39, 0.29) is 5.82 Å². The smallest absolute Gasteiger partial charge is 0.125 e. The summed E-state index contributed by atoms with van der Waals surface area (Å²) in [4.78, 5) is 4.56. The van der Waals surface area contributed by atoms with Crippen LogP contribution in [0.25, 0.3) is 16.7 Å². The molecule has 0 fully saturated rings. The average Bonchev–Trinajstić information content (AvgIpc) is 2.81. The number of hydrogen-bond donors (Lipinski definition) is 0. The van der Waals surface area contributed by atoms with Crippen LogP contribution >= 0.6 is 39.1 Å². The molecule has 1 aromatic heterocycles. The molecule has 2 aromatic carbocycles. The molecular weight excluding hydrogens is 378 g/mol. The second-order valence-electron chi connectivity index (χ2n) is 4.51. The Labute approximate surface area is 139 Å². The maximum absolute atomic E-state index is 13.6. The molecule has 1 heterocycles. The van der Waals surface area contributed by atoms with Crippen molar-refractivity contribution >= 4 is 50.2 Å². The van der Waals surface area contributed by atoms with E-state index >= 15 is 0 Å². The summed E-state index contributed by atoms with van der Waals surface area (Å²) in [6, 6.07) is 10.0. The maximum Gasteiger partial charge on any atom is 0.125 e. The van der Waals surface area contributed by atoms with E-state index in [1.807, 2.05) is 16.7 Å². The predicted octanol–water partition coefficient (Wildman–Crippen LogP) is 5.36. The van der Waals surface area contributed by atoms with E-state index in [2.05, 4.69) is 20.9 Å². The number of aryl methyl sites for hydroxylation is 1. The van der Waals surface area contributed by atoms with Crippen LogP contribution in [0.1, 0.15) is 5.82 Å². The van der Waals surface area contributed by atoms with E-state index in [0.29, 0.717) is 23.0 Å². The highest BCUT2D eigenvalue weighted by atomic mass is 79.9. The maximum atomic E-state index is 13.6. The van der Waals surface area contributed by atoms with E-state index in [0.717, 1.165) is 21.3 Å². The fourth-order valence-corrected chi connectivity index (χ4v) is 3.15. The Kier molecular flexibility index (Phi) is 4.20. The zero-order valence-corrected chi connectivity index (χ0v) is 13.9. The molecule has 0 N–H and O–H groups in total. The van der Waals surface area contributed by atoms with Crippen LogP contribution in [0, 0.1) is 5.82 Å². The zero-order chi connectivity index (χ0) is 15.0. The average molecular weight is 388 g/mol. The third kappa shape index (κ3) is 2.68. The van der Waals surface area contributed by atoms with Crippen molar-refractivity contribution in [2.75, 3.05) is 5.88 Å². The molecule has 0 aliphatic carbocycles. The molecule has 0 unspecified atom stereocenters. The molecule has 3 rings (SSSR count). The Morgan fingerprint density at radius 1 is 1.24 bits per heavy atom. The second-order valence-corrected chi connectivity index (χ2v) is 6.15. The minimum absolute atomic E-state index is 0.320. The Balaban J connectivity index is 2.38. The van der Waals surface area contributed by atoms with Gasteiger partial charge in [-0.15, -0.1) is 11.6 Å². The van der Waals surface area contributed by atoms with Gasteiger partial charge >= 0.3 is 0 Å². The summed E-state index contributed by atoms with van der Waals surface area (Å²) >= 11 is 15.6. The molecular formula is C15H10BrCl2FN2. The number of alkyl halides is 1. The summed E-state index contributed by atoms with van der Waals surface area (Å²) < 4.78 is 16.3. The van der Waals surface area contributed by atoms with Crippen molar-refractivity contribution in [3.05, 3.63) is 57.5 Å². The SMILES string of the molecule is Fc1ccc(Br)c(-n2c(CCCl)nc3cccc(Cl)c32)c1. The summed E-state index contributed by atoms with van der Waals surface area (Å²) in [6.45, 7) is 0. The van der Waals surface area contributed by atoms with Gasteiger partial charge in [-0.25, -0.2) is 9.37 Å². The first kappa shape index (κ1) is 14.8. The van der Waals surface area contributed by atoms with Crippen LogP contribution in [0.4, 0.5) is 4.39 Å². The second kappa shape index (κ2) is 5.95. The largest absolute Gasteiger partial charge is 0.294 e. The minimum Gasteiger partial charge on any atom is -0.294 e. The van der Waals surface area contributed by atoms with Gasteiger partial charge < -0.3 is 0 Å². The molecule has 0 spiro atoms. The zero-order valence-electron chi connectivity index (χ0n) is 10.8. The van der Waals surface area contributed by atoms with Gasteiger partial charge in [-0.2, -0.15) is 0 Å². The van der Waals surface area contributed by atoms with Crippen molar-refractivity contribution in [2.24, 2.45) is 0 Å². The molecule has 0 aliphatic heterocycles. The van der Waals surface area contributed by atoms with Crippen molar-refractivity contribution in [1.29, 1.82) is 0 Å². The molecule has 0 aliphatic rings. The highest BCUT2D eigenvalue weighted by Crippen LogP contribution is 2.31. The lowest BCUT2D eigenvalue weighted by Crippen LogP contribution is -2.03. The topological polar surface area (TPSA) is 17.8 Å². The first-order valence-electron chi connectivity index (χ1n) is 6.29. The fourth-order valence-electron chi connectivity index (χ4n) is 2.30. The third-order valence-corrected chi connectivity index (χ3v) is 4.33. The molecule has 6 heteroatoms. The minimum atomic E-state index is -0.320. The molecule has 0 saturated carbocycles. The van der Waals surface area contributed by atoms with Gasteiger partial charge in [0.05, 0.1) is 21.7 Å². The van der Waals surface area contributed by atoms with Gasteiger partial charge in [0.2, 0.25) is 0 Å². The fraction of sp³-hybridized carbons (Fsp3) is 0.133. The van der Waals surface area contributed by atoms with E-state index in [4.69, 9.17) is 23.2 Å². The van der Waals surface area contributed by atoms with Crippen molar-refractivity contribution in [3.8, 4) is 5.69 Å². The Morgan fingerprint density at radius 2 is 2.05 bits per heavy atom. The number of imidazole rings is 1. The lowest BCUT2D eigenvalue weighted by atomic mass is 10.2. The third-order valence-electron chi connectivity index (χ3n) is 3.16. The van der Waals surface area contributed by atoms with Crippen LogP contribution in [-0.4, -0.2) is 15.4 Å². The number of benzene rings is 2. The molecule has 3 aromatic rings. The van der Waals surface area contributed by atoms with Gasteiger partial charge in [0.15, 0.2) is 0 Å². The van der Waals surface area contributed by atoms with Gasteiger partial charge in [0, 0.05) is 16.8 Å². The number of halogens is 4. The molecule has 108 valence electrons. The van der Waals surface area contributed by atoms with Crippen molar-refractivity contribution < 1.29 is 4.39 Å². The Morgan fingerprint density at radius 3 is 2.81 bits per heavy atom. The molecule has 0 amide bonds. The summed E-state index contributed by atoms with van der Waals surface area (Å²) in [5, 5.41) is 0.567. The van der Waals surface area contributed by atoms with E-state index in [9.17, 15) is 4.39 Å². The quantitative estimate of drug-likeness (QED) is 0.553. The summed E-state index contributed by atoms with van der Waals surface area (Å²) in [5.41, 5.74) is 2.18. The van der Waals surface area contributed by atoms with Gasteiger partial charge in [0.1, 0.15) is 11.6 Å². The number of para-hydroxylation sites is 1. The Bertz CT molecular complexity index is 817. The van der Waals surface area contributed by atoms with Crippen molar-refractivity contribution in [3.63, 3.8) is 0 Å². The van der Waals surface area contributed by atoms with E-state index in [1.54, 1.807) is 12.1 Å². The summed E-state index contributed by atoms with van der Waals surface area (Å²) in [7, 11) is 0. The Hall–Kier alpha value is -1.10. The molecule has 21 heavy (non-hydrogen) atoms. The molecule has 0 saturated heterocycles. The lowest BCUT2D eigenvalue weighted by Gasteiger charge is -2.11. The van der Waals surface area contributed by atoms with Crippen LogP contribution in [-0.2, 0) is 6.42 Å². The molecule has 0 radical (unpaired) electrons. The van der Waals surface area contributed by atoms with Crippen molar-refractivity contribution in [2.45, 2.75) is 6.42 Å². The first-order chi connectivity index (χ1) is 10.1. The van der Waals surface area contributed by atoms with Crippen LogP contribution in [0.3, 0.4) is 0 Å². The molecule has 0 bridgehead atoms. The van der Waals surface area contributed by atoms with E-state index < -0.39 is 0 Å². The van der Waals surface area contributed by atoms with Crippen LogP contribution in [0.2, 0.25) is 5.02 Å². The number of fused-ring (bicyclic) bond motifs is 1. The first-order valence-corrected chi connectivity index (χ1v) is 7.99. The van der Waals surface area contributed by atoms with Crippen LogP contribution in [0.5, 0.6) is 0 Å². The van der Waals surface area contributed by atoms with Gasteiger partial charge in [-0.3, -0.25) is 4.57 Å². The van der Waals surface area contributed by atoms with Gasteiger partial charge in [-0.1, -0.05) is 17.7 Å². The number of rotatable bonds is 3. The molecule has 2 nitrogen and oxygen atoms in total. The number of nitrogens with zero attached hydrogens (tertiary/aromatic N) is 2. The van der Waals surface area contributed by atoms with E-state index in [1.165, 1.54) is 12.1 Å². The van der Waals surface area contributed by atoms with Gasteiger partial charge in [0.25, 0.3) is 0 Å². The van der Waals surface area contributed by atoms with Crippen LogP contribution < -0.4 is 0 Å². The summed E-state index contributed by atoms with van der Waals surface area (Å²) in [5.74, 6) is 0.853. The monoisotopic (exact) mass is 386 g/mol. The highest BCUT2D eigenvalue weighted by Gasteiger charge is 2.16. The highest BCUT2D eigenvalue weighted by molar-refractivity contribution is 9.10. The normalized spacial score (nSPS) is 11.2. The summed E-state index contributed by atoms with van der Waals surface area (Å²) in [6.07, 6.45) is 0.565. The van der Waals surface area contributed by atoms with Gasteiger partial charge in [-0.05, 0) is 46.3 Å². The molecule has 0 atom stereocenters. The number of aromatic nitrogens is 2. The predicted molar refractivity (Wildman–Crippen MR) is 88.2 cm³/mol. The standard InChI is InChI=1S/C15H10BrCl2FN2/c16-10-5-4-9(19)8-13(10)21-14(6-7-17)20-12-3-1-2-11(18)15(12)21/h1-5,8H,6-7H2. The van der Waals surface area contributed by atoms with Crippen LogP contribution in [0.15, 0.2) is 40.9 Å². The lowest BCUT2D eigenvalue weighted by molar-refractivity contribution is 0.626.